The van der Waals surface area contributed by atoms with Gasteiger partial charge in [0, 0.05) is 0 Å². The van der Waals surface area contributed by atoms with Gasteiger partial charge in [-0.25, -0.2) is 0 Å². The molecule has 1 atom stereocenters. The standard InChI is InChI=1S/C18H20O4/c1-18(2,17(20)21)16(19)14-9-6-10-15(11-14)22-12-13-7-4-3-5-8-13/h3-11,16,19H,12H2,1-2H3,(H,20,21)/t16-/m0/s1. The van der Waals surface area contributed by atoms with Gasteiger partial charge in [-0.2, -0.15) is 0 Å². The third-order valence-corrected chi connectivity index (χ3v) is 3.66. The molecule has 0 fully saturated rings. The minimum atomic E-state index is -1.27. The molecule has 22 heavy (non-hydrogen) atoms. The van der Waals surface area contributed by atoms with Crippen LogP contribution >= 0.6 is 0 Å². The molecule has 2 rings (SSSR count). The summed E-state index contributed by atoms with van der Waals surface area (Å²) in [4.78, 5) is 11.2. The molecule has 2 N–H and O–H groups in total. The van der Waals surface area contributed by atoms with Crippen LogP contribution in [0.15, 0.2) is 54.6 Å². The highest BCUT2D eigenvalue weighted by Crippen LogP contribution is 2.34. The molecule has 2 aromatic rings. The van der Waals surface area contributed by atoms with Crippen LogP contribution in [-0.4, -0.2) is 16.2 Å². The van der Waals surface area contributed by atoms with Crippen LogP contribution in [-0.2, 0) is 11.4 Å². The normalized spacial score (nSPS) is 12.7. The second kappa shape index (κ2) is 6.62. The maximum atomic E-state index is 11.2. The van der Waals surface area contributed by atoms with E-state index in [9.17, 15) is 15.0 Å². The van der Waals surface area contributed by atoms with Gasteiger partial charge >= 0.3 is 5.97 Å². The molecule has 0 aromatic heterocycles. The number of aliphatic hydroxyl groups is 1. The van der Waals surface area contributed by atoms with E-state index in [4.69, 9.17) is 4.74 Å². The largest absolute Gasteiger partial charge is 0.489 e. The Balaban J connectivity index is 2.11. The number of carbonyl (C=O) groups is 1. The fourth-order valence-electron chi connectivity index (χ4n) is 2.05. The maximum Gasteiger partial charge on any atom is 0.312 e. The summed E-state index contributed by atoms with van der Waals surface area (Å²) in [5, 5.41) is 19.5. The van der Waals surface area contributed by atoms with Gasteiger partial charge in [0.1, 0.15) is 12.4 Å². The van der Waals surface area contributed by atoms with Crippen molar-refractivity contribution in [1.29, 1.82) is 0 Å². The molecule has 0 unspecified atom stereocenters. The zero-order valence-corrected chi connectivity index (χ0v) is 12.7. The number of benzene rings is 2. The number of ether oxygens (including phenoxy) is 1. The van der Waals surface area contributed by atoms with E-state index in [0.717, 1.165) is 5.56 Å². The molecule has 4 nitrogen and oxygen atoms in total. The number of hydrogen-bond acceptors (Lipinski definition) is 3. The number of carboxylic acids is 1. The summed E-state index contributed by atoms with van der Waals surface area (Å²) in [5.74, 6) is -0.447. The van der Waals surface area contributed by atoms with Crippen molar-refractivity contribution in [2.75, 3.05) is 0 Å². The SMILES string of the molecule is CC(C)(C(=O)O)[C@@H](O)c1cccc(OCc2ccccc2)c1. The molecule has 0 aliphatic rings. The van der Waals surface area contributed by atoms with E-state index in [1.54, 1.807) is 24.3 Å². The first kappa shape index (κ1) is 16.0. The maximum absolute atomic E-state index is 11.2. The number of rotatable bonds is 6. The fourth-order valence-corrected chi connectivity index (χ4v) is 2.05. The Morgan fingerprint density at radius 1 is 1.14 bits per heavy atom. The lowest BCUT2D eigenvalue weighted by Crippen LogP contribution is -2.31. The van der Waals surface area contributed by atoms with Gasteiger partial charge in [0.2, 0.25) is 0 Å². The molecule has 0 bridgehead atoms. The Morgan fingerprint density at radius 2 is 1.82 bits per heavy atom. The molecular weight excluding hydrogens is 280 g/mol. The molecule has 0 amide bonds. The van der Waals surface area contributed by atoms with Crippen LogP contribution in [0.1, 0.15) is 31.1 Å². The van der Waals surface area contributed by atoms with Crippen molar-refractivity contribution in [3.05, 3.63) is 65.7 Å². The second-order valence-corrected chi connectivity index (χ2v) is 5.78. The summed E-state index contributed by atoms with van der Waals surface area (Å²) in [6.07, 6.45) is -1.11. The Hall–Kier alpha value is -2.33. The predicted octanol–water partition coefficient (Wildman–Crippen LogP) is 3.41. The number of hydrogen-bond donors (Lipinski definition) is 2. The van der Waals surface area contributed by atoms with Gasteiger partial charge in [-0.3, -0.25) is 4.79 Å². The van der Waals surface area contributed by atoms with Crippen molar-refractivity contribution in [3.8, 4) is 5.75 Å². The molecule has 0 spiro atoms. The van der Waals surface area contributed by atoms with Crippen LogP contribution in [0.4, 0.5) is 0 Å². The monoisotopic (exact) mass is 300 g/mol. The first-order valence-corrected chi connectivity index (χ1v) is 7.09. The van der Waals surface area contributed by atoms with E-state index in [2.05, 4.69) is 0 Å². The lowest BCUT2D eigenvalue weighted by Gasteiger charge is -2.26. The van der Waals surface area contributed by atoms with Gasteiger partial charge in [-0.15, -0.1) is 0 Å². The highest BCUT2D eigenvalue weighted by atomic mass is 16.5. The Kier molecular flexibility index (Phi) is 4.83. The van der Waals surface area contributed by atoms with Gasteiger partial charge in [0.15, 0.2) is 0 Å². The quantitative estimate of drug-likeness (QED) is 0.858. The molecule has 116 valence electrons. The first-order valence-electron chi connectivity index (χ1n) is 7.09. The van der Waals surface area contributed by atoms with Crippen LogP contribution in [0.3, 0.4) is 0 Å². The predicted molar refractivity (Wildman–Crippen MR) is 83.6 cm³/mol. The molecule has 0 heterocycles. The highest BCUT2D eigenvalue weighted by Gasteiger charge is 2.36. The van der Waals surface area contributed by atoms with Gasteiger partial charge in [-0.05, 0) is 37.1 Å². The lowest BCUT2D eigenvalue weighted by molar-refractivity contribution is -0.153. The molecule has 4 heteroatoms. The van der Waals surface area contributed by atoms with Crippen LogP contribution in [0.2, 0.25) is 0 Å². The summed E-state index contributed by atoms with van der Waals surface area (Å²) in [6, 6.07) is 16.7. The Morgan fingerprint density at radius 3 is 2.45 bits per heavy atom. The Bertz CT molecular complexity index is 635. The van der Waals surface area contributed by atoms with E-state index < -0.39 is 17.5 Å². The highest BCUT2D eigenvalue weighted by molar-refractivity contribution is 5.74. The summed E-state index contributed by atoms with van der Waals surface area (Å²) < 4.78 is 5.70. The Labute approximate surface area is 130 Å². The van der Waals surface area contributed by atoms with E-state index in [0.29, 0.717) is 17.9 Å². The van der Waals surface area contributed by atoms with E-state index in [1.165, 1.54) is 13.8 Å². The smallest absolute Gasteiger partial charge is 0.312 e. The molecular formula is C18H20O4. The first-order chi connectivity index (χ1) is 10.4. The molecule has 0 saturated carbocycles. The molecule has 0 radical (unpaired) electrons. The summed E-state index contributed by atoms with van der Waals surface area (Å²) in [5.41, 5.74) is 0.301. The van der Waals surface area contributed by atoms with Crippen molar-refractivity contribution in [2.45, 2.75) is 26.6 Å². The van der Waals surface area contributed by atoms with Crippen molar-refractivity contribution < 1.29 is 19.7 Å². The van der Waals surface area contributed by atoms with Crippen molar-refractivity contribution in [2.24, 2.45) is 5.41 Å². The lowest BCUT2D eigenvalue weighted by atomic mass is 9.83. The summed E-state index contributed by atoms with van der Waals surface area (Å²) >= 11 is 0. The summed E-state index contributed by atoms with van der Waals surface area (Å²) in [7, 11) is 0. The molecule has 0 aliphatic heterocycles. The zero-order chi connectivity index (χ0) is 16.2. The van der Waals surface area contributed by atoms with E-state index in [-0.39, 0.29) is 0 Å². The topological polar surface area (TPSA) is 66.8 Å². The molecule has 0 aliphatic carbocycles. The van der Waals surface area contributed by atoms with E-state index in [1.807, 2.05) is 30.3 Å². The minimum Gasteiger partial charge on any atom is -0.489 e. The van der Waals surface area contributed by atoms with E-state index >= 15 is 0 Å². The minimum absolute atomic E-state index is 0.419. The average Bonchev–Trinajstić information content (AvgIpc) is 2.53. The van der Waals surface area contributed by atoms with Crippen LogP contribution < -0.4 is 4.74 Å². The van der Waals surface area contributed by atoms with Gasteiger partial charge in [0.05, 0.1) is 11.5 Å². The number of aliphatic hydroxyl groups excluding tert-OH is 1. The second-order valence-electron chi connectivity index (χ2n) is 5.78. The third kappa shape index (κ3) is 3.65. The van der Waals surface area contributed by atoms with Gasteiger partial charge in [-0.1, -0.05) is 42.5 Å². The van der Waals surface area contributed by atoms with Crippen molar-refractivity contribution in [3.63, 3.8) is 0 Å². The van der Waals surface area contributed by atoms with Crippen molar-refractivity contribution in [1.82, 2.24) is 0 Å². The average molecular weight is 300 g/mol. The number of carboxylic acid groups (broad SMARTS) is 1. The third-order valence-electron chi connectivity index (χ3n) is 3.66. The summed E-state index contributed by atoms with van der Waals surface area (Å²) in [6.45, 7) is 3.41. The fraction of sp³-hybridized carbons (Fsp3) is 0.278. The molecule has 2 aromatic carbocycles. The van der Waals surface area contributed by atoms with Crippen LogP contribution in [0.25, 0.3) is 0 Å². The number of aliphatic carboxylic acids is 1. The van der Waals surface area contributed by atoms with Crippen LogP contribution in [0.5, 0.6) is 5.75 Å². The van der Waals surface area contributed by atoms with Crippen molar-refractivity contribution >= 4 is 5.97 Å². The van der Waals surface area contributed by atoms with Gasteiger partial charge in [0.25, 0.3) is 0 Å². The van der Waals surface area contributed by atoms with Gasteiger partial charge < -0.3 is 14.9 Å². The molecule has 0 saturated heterocycles. The van der Waals surface area contributed by atoms with Crippen LogP contribution in [0, 0.1) is 5.41 Å². The zero-order valence-electron chi connectivity index (χ0n) is 12.7.